The fourth-order valence-electron chi connectivity index (χ4n) is 4.95. The van der Waals surface area contributed by atoms with E-state index in [0.29, 0.717) is 5.89 Å². The van der Waals surface area contributed by atoms with E-state index in [0.717, 1.165) is 80.6 Å². The van der Waals surface area contributed by atoms with Gasteiger partial charge in [-0.25, -0.2) is 0 Å². The Morgan fingerprint density at radius 2 is 2.00 bits per heavy atom. The Hall–Kier alpha value is -2.15. The van der Waals surface area contributed by atoms with E-state index in [-0.39, 0.29) is 11.3 Å². The number of amides is 1. The lowest BCUT2D eigenvalue weighted by Gasteiger charge is -2.40. The molecule has 0 unspecified atom stereocenters. The van der Waals surface area contributed by atoms with Gasteiger partial charge in [0.05, 0.1) is 5.56 Å². The van der Waals surface area contributed by atoms with E-state index in [1.54, 1.807) is 7.11 Å². The summed E-state index contributed by atoms with van der Waals surface area (Å²) < 4.78 is 12.7. The van der Waals surface area contributed by atoms with Crippen molar-refractivity contribution in [2.24, 2.45) is 5.92 Å². The van der Waals surface area contributed by atoms with Crippen molar-refractivity contribution in [2.45, 2.75) is 71.3 Å². The highest BCUT2D eigenvalue weighted by Gasteiger charge is 2.44. The Morgan fingerprint density at radius 3 is 2.60 bits per heavy atom. The van der Waals surface area contributed by atoms with Crippen molar-refractivity contribution in [1.82, 2.24) is 19.6 Å². The fraction of sp³-hybridized carbons (Fsp3) is 0.696. The molecule has 3 heterocycles. The molecular weight excluding hydrogens is 380 g/mol. The number of carbonyl (C=O) groups is 1. The van der Waals surface area contributed by atoms with Gasteiger partial charge >= 0.3 is 0 Å². The summed E-state index contributed by atoms with van der Waals surface area (Å²) in [5.74, 6) is 2.39. The number of hydrogen-bond donors (Lipinski definition) is 0. The molecular formula is C23H34N4O3. The molecule has 2 aliphatic rings. The van der Waals surface area contributed by atoms with Crippen molar-refractivity contribution in [2.75, 3.05) is 26.8 Å². The lowest BCUT2D eigenvalue weighted by molar-refractivity contribution is 0.0644. The highest BCUT2D eigenvalue weighted by atomic mass is 16.5. The van der Waals surface area contributed by atoms with Gasteiger partial charge in [-0.3, -0.25) is 4.79 Å². The minimum absolute atomic E-state index is 0.0489. The van der Waals surface area contributed by atoms with Crippen LogP contribution in [0.1, 0.15) is 72.0 Å². The van der Waals surface area contributed by atoms with E-state index in [9.17, 15) is 4.79 Å². The van der Waals surface area contributed by atoms with Crippen LogP contribution in [-0.4, -0.2) is 52.3 Å². The molecule has 0 spiro atoms. The summed E-state index contributed by atoms with van der Waals surface area (Å²) >= 11 is 0. The zero-order valence-electron chi connectivity index (χ0n) is 18.7. The van der Waals surface area contributed by atoms with Gasteiger partial charge in [0.1, 0.15) is 0 Å². The normalized spacial score (nSPS) is 18.7. The molecule has 4 rings (SSSR count). The SMILES string of the molecule is COCCCn1c(C)cc(C(=O)N2CCC(CC3CC3)(c3noc(C)n3)CC2)c1C. The van der Waals surface area contributed by atoms with Gasteiger partial charge in [-0.15, -0.1) is 0 Å². The van der Waals surface area contributed by atoms with Crippen molar-refractivity contribution in [3.63, 3.8) is 0 Å². The second kappa shape index (κ2) is 8.53. The molecule has 1 aliphatic carbocycles. The average Bonchev–Trinajstić information content (AvgIpc) is 3.36. The van der Waals surface area contributed by atoms with Crippen LogP contribution in [0.25, 0.3) is 0 Å². The van der Waals surface area contributed by atoms with Crippen LogP contribution in [0.3, 0.4) is 0 Å². The van der Waals surface area contributed by atoms with Crippen molar-refractivity contribution in [1.29, 1.82) is 0 Å². The Bertz CT molecular complexity index is 888. The Labute approximate surface area is 178 Å². The third kappa shape index (κ3) is 4.17. The lowest BCUT2D eigenvalue weighted by atomic mass is 9.73. The van der Waals surface area contributed by atoms with E-state index < -0.39 is 0 Å². The number of aryl methyl sites for hydroxylation is 2. The van der Waals surface area contributed by atoms with E-state index in [2.05, 4.69) is 28.6 Å². The first-order chi connectivity index (χ1) is 14.4. The van der Waals surface area contributed by atoms with Gasteiger partial charge in [0.25, 0.3) is 5.91 Å². The van der Waals surface area contributed by atoms with E-state index in [1.807, 2.05) is 17.9 Å². The Balaban J connectivity index is 1.46. The quantitative estimate of drug-likeness (QED) is 0.614. The zero-order chi connectivity index (χ0) is 21.3. The summed E-state index contributed by atoms with van der Waals surface area (Å²) in [6.07, 6.45) is 6.47. The number of rotatable bonds is 8. The Kier molecular flexibility index (Phi) is 6.00. The summed E-state index contributed by atoms with van der Waals surface area (Å²) in [6, 6.07) is 2.04. The molecule has 30 heavy (non-hydrogen) atoms. The predicted octanol–water partition coefficient (Wildman–Crippen LogP) is 3.81. The van der Waals surface area contributed by atoms with Gasteiger partial charge in [0.2, 0.25) is 5.89 Å². The minimum Gasteiger partial charge on any atom is -0.385 e. The van der Waals surface area contributed by atoms with Crippen LogP contribution in [0, 0.1) is 26.7 Å². The van der Waals surface area contributed by atoms with E-state index in [1.165, 1.54) is 12.8 Å². The number of carbonyl (C=O) groups excluding carboxylic acids is 1. The number of aromatic nitrogens is 3. The largest absolute Gasteiger partial charge is 0.385 e. The molecule has 1 amide bonds. The van der Waals surface area contributed by atoms with Crippen LogP contribution in [0.15, 0.2) is 10.6 Å². The highest BCUT2D eigenvalue weighted by molar-refractivity contribution is 5.95. The third-order valence-corrected chi connectivity index (χ3v) is 6.92. The molecule has 0 atom stereocenters. The summed E-state index contributed by atoms with van der Waals surface area (Å²) in [4.78, 5) is 19.9. The number of nitrogens with zero attached hydrogens (tertiary/aromatic N) is 4. The number of likely N-dealkylation sites (tertiary alicyclic amines) is 1. The summed E-state index contributed by atoms with van der Waals surface area (Å²) in [5, 5.41) is 4.28. The van der Waals surface area contributed by atoms with Crippen molar-refractivity contribution < 1.29 is 14.1 Å². The summed E-state index contributed by atoms with van der Waals surface area (Å²) in [5.41, 5.74) is 2.97. The van der Waals surface area contributed by atoms with Crippen LogP contribution in [0.2, 0.25) is 0 Å². The first-order valence-corrected chi connectivity index (χ1v) is 11.2. The van der Waals surface area contributed by atoms with Crippen LogP contribution in [0.5, 0.6) is 0 Å². The number of piperidine rings is 1. The van der Waals surface area contributed by atoms with Crippen molar-refractivity contribution in [3.8, 4) is 0 Å². The van der Waals surface area contributed by atoms with Crippen LogP contribution >= 0.6 is 0 Å². The van der Waals surface area contributed by atoms with Gasteiger partial charge in [0, 0.05) is 57.1 Å². The van der Waals surface area contributed by atoms with Gasteiger partial charge in [-0.1, -0.05) is 18.0 Å². The van der Waals surface area contributed by atoms with E-state index in [4.69, 9.17) is 9.26 Å². The Morgan fingerprint density at radius 1 is 1.27 bits per heavy atom. The molecule has 2 aromatic heterocycles. The average molecular weight is 415 g/mol. The predicted molar refractivity (Wildman–Crippen MR) is 114 cm³/mol. The van der Waals surface area contributed by atoms with Gasteiger partial charge < -0.3 is 18.7 Å². The zero-order valence-corrected chi connectivity index (χ0v) is 18.7. The minimum atomic E-state index is -0.0489. The van der Waals surface area contributed by atoms with Crippen molar-refractivity contribution >= 4 is 5.91 Å². The first-order valence-electron chi connectivity index (χ1n) is 11.2. The van der Waals surface area contributed by atoms with E-state index >= 15 is 0 Å². The molecule has 1 aliphatic heterocycles. The summed E-state index contributed by atoms with van der Waals surface area (Å²) in [6.45, 7) is 9.06. The second-order valence-corrected chi connectivity index (χ2v) is 9.14. The summed E-state index contributed by atoms with van der Waals surface area (Å²) in [7, 11) is 1.72. The molecule has 0 N–H and O–H groups in total. The van der Waals surface area contributed by atoms with Crippen molar-refractivity contribution in [3.05, 3.63) is 34.7 Å². The maximum Gasteiger partial charge on any atom is 0.255 e. The maximum atomic E-state index is 13.3. The number of methoxy groups -OCH3 is 1. The molecule has 0 radical (unpaired) electrons. The topological polar surface area (TPSA) is 73.4 Å². The number of ether oxygens (including phenoxy) is 1. The first kappa shape index (κ1) is 21.1. The van der Waals surface area contributed by atoms with Crippen LogP contribution in [-0.2, 0) is 16.7 Å². The van der Waals surface area contributed by atoms with Crippen LogP contribution in [0.4, 0.5) is 0 Å². The molecule has 7 heteroatoms. The fourth-order valence-corrected chi connectivity index (χ4v) is 4.95. The molecule has 1 saturated carbocycles. The van der Waals surface area contributed by atoms with Gasteiger partial charge in [0.15, 0.2) is 5.82 Å². The second-order valence-electron chi connectivity index (χ2n) is 9.14. The monoisotopic (exact) mass is 414 g/mol. The maximum absolute atomic E-state index is 13.3. The van der Waals surface area contributed by atoms with Gasteiger partial charge in [-0.2, -0.15) is 4.98 Å². The smallest absolute Gasteiger partial charge is 0.255 e. The molecule has 0 aromatic carbocycles. The molecule has 1 saturated heterocycles. The lowest BCUT2D eigenvalue weighted by Crippen LogP contribution is -2.46. The highest BCUT2D eigenvalue weighted by Crippen LogP contribution is 2.46. The molecule has 2 aromatic rings. The molecule has 2 fully saturated rings. The van der Waals surface area contributed by atoms with Gasteiger partial charge in [-0.05, 0) is 51.5 Å². The standard InChI is InChI=1S/C23H34N4O3/c1-16-14-20(17(2)27(16)10-5-13-29-4)21(28)26-11-8-23(9-12-26,15-19-6-7-19)22-24-18(3)30-25-22/h14,19H,5-13,15H2,1-4H3. The van der Waals surface area contributed by atoms with Crippen LogP contribution < -0.4 is 0 Å². The molecule has 7 nitrogen and oxygen atoms in total. The molecule has 0 bridgehead atoms. The molecule has 164 valence electrons. The number of hydrogen-bond acceptors (Lipinski definition) is 5. The third-order valence-electron chi connectivity index (χ3n) is 6.92.